The van der Waals surface area contributed by atoms with Crippen LogP contribution in [0.25, 0.3) is 5.65 Å². The normalized spacial score (nSPS) is 21.4. The second-order valence-corrected chi connectivity index (χ2v) is 10.5. The zero-order valence-corrected chi connectivity index (χ0v) is 19.6. The Morgan fingerprint density at radius 3 is 2.88 bits per heavy atom. The molecule has 168 valence electrons. The van der Waals surface area contributed by atoms with E-state index in [1.165, 1.54) is 21.7 Å². The molecule has 8 heteroatoms. The van der Waals surface area contributed by atoms with E-state index in [1.54, 1.807) is 0 Å². The van der Waals surface area contributed by atoms with Crippen LogP contribution in [-0.4, -0.2) is 58.1 Å². The molecular weight excluding hydrogens is 420 g/mol. The van der Waals surface area contributed by atoms with E-state index < -0.39 is 0 Å². The summed E-state index contributed by atoms with van der Waals surface area (Å²) >= 11 is 1.81. The van der Waals surface area contributed by atoms with Gasteiger partial charge in [-0.25, -0.2) is 4.98 Å². The molecule has 3 aromatic heterocycles. The lowest BCUT2D eigenvalue weighted by atomic mass is 9.89. The van der Waals surface area contributed by atoms with Gasteiger partial charge in [0.05, 0.1) is 23.9 Å². The van der Waals surface area contributed by atoms with Gasteiger partial charge in [0, 0.05) is 49.1 Å². The summed E-state index contributed by atoms with van der Waals surface area (Å²) in [5.41, 5.74) is 4.80. The maximum Gasteiger partial charge on any atom is 0.229 e. The third-order valence-corrected chi connectivity index (χ3v) is 8.26. The first-order valence-electron chi connectivity index (χ1n) is 11.8. The van der Waals surface area contributed by atoms with E-state index in [9.17, 15) is 4.79 Å². The van der Waals surface area contributed by atoms with Crippen molar-refractivity contribution in [3.05, 3.63) is 45.4 Å². The Hall–Kier alpha value is -2.45. The van der Waals surface area contributed by atoms with Crippen LogP contribution < -0.4 is 10.2 Å². The van der Waals surface area contributed by atoms with Crippen LogP contribution in [0.4, 0.5) is 5.82 Å². The molecule has 3 aromatic rings. The predicted octanol–water partition coefficient (Wildman–Crippen LogP) is 2.70. The molecule has 1 fully saturated rings. The molecule has 1 amide bonds. The zero-order chi connectivity index (χ0) is 21.8. The van der Waals surface area contributed by atoms with Crippen molar-refractivity contribution in [1.82, 2.24) is 24.8 Å². The maximum absolute atomic E-state index is 13.6. The van der Waals surface area contributed by atoms with Crippen LogP contribution in [-0.2, 0) is 24.1 Å². The number of aromatic nitrogens is 3. The summed E-state index contributed by atoms with van der Waals surface area (Å²) in [5, 5.41) is 10.2. The summed E-state index contributed by atoms with van der Waals surface area (Å²) in [6.45, 7) is 8.75. The number of nitrogens with zero attached hydrogens (tertiary/aromatic N) is 5. The van der Waals surface area contributed by atoms with Gasteiger partial charge in [0.2, 0.25) is 5.91 Å². The number of carbonyl (C=O) groups is 1. The lowest BCUT2D eigenvalue weighted by Gasteiger charge is -2.46. The summed E-state index contributed by atoms with van der Waals surface area (Å²) in [6, 6.07) is 4.42. The Bertz CT molecular complexity index is 1160. The first-order valence-corrected chi connectivity index (χ1v) is 12.7. The first kappa shape index (κ1) is 20.2. The minimum Gasteiger partial charge on any atom is -0.354 e. The molecular formula is C24H30N6OS. The summed E-state index contributed by atoms with van der Waals surface area (Å²) in [5.74, 6) is 1.93. The van der Waals surface area contributed by atoms with E-state index in [1.807, 2.05) is 28.1 Å². The monoisotopic (exact) mass is 450 g/mol. The van der Waals surface area contributed by atoms with Crippen molar-refractivity contribution in [2.45, 2.75) is 39.2 Å². The Kier molecular flexibility index (Phi) is 4.95. The topological polar surface area (TPSA) is 65.8 Å². The van der Waals surface area contributed by atoms with E-state index in [2.05, 4.69) is 45.5 Å². The fourth-order valence-corrected chi connectivity index (χ4v) is 6.87. The van der Waals surface area contributed by atoms with Crippen molar-refractivity contribution in [1.29, 1.82) is 0 Å². The smallest absolute Gasteiger partial charge is 0.229 e. The number of nitrogens with one attached hydrogen (secondary N) is 1. The van der Waals surface area contributed by atoms with Crippen LogP contribution in [0, 0.1) is 11.8 Å². The quantitative estimate of drug-likeness (QED) is 0.665. The molecule has 0 saturated carbocycles. The highest BCUT2D eigenvalue weighted by molar-refractivity contribution is 7.10. The molecule has 1 N–H and O–H groups in total. The van der Waals surface area contributed by atoms with Gasteiger partial charge >= 0.3 is 0 Å². The second-order valence-electron chi connectivity index (χ2n) is 9.59. The van der Waals surface area contributed by atoms with E-state index in [4.69, 9.17) is 4.98 Å². The van der Waals surface area contributed by atoms with Crippen LogP contribution >= 0.6 is 11.3 Å². The SMILES string of the molecule is CC(C)C1c2sccc2CCN1C(=O)C1CN(c2c3c(nc4ccnn24)CCNCC3)C1. The lowest BCUT2D eigenvalue weighted by Crippen LogP contribution is -2.57. The minimum atomic E-state index is 0.0519. The van der Waals surface area contributed by atoms with Crippen molar-refractivity contribution >= 4 is 28.7 Å². The zero-order valence-electron chi connectivity index (χ0n) is 18.8. The highest BCUT2D eigenvalue weighted by Gasteiger charge is 2.42. The van der Waals surface area contributed by atoms with Gasteiger partial charge in [0.25, 0.3) is 0 Å². The number of hydrogen-bond donors (Lipinski definition) is 1. The van der Waals surface area contributed by atoms with Gasteiger partial charge in [0.15, 0.2) is 5.65 Å². The van der Waals surface area contributed by atoms with Gasteiger partial charge in [-0.2, -0.15) is 9.61 Å². The molecule has 0 aromatic carbocycles. The molecule has 7 nitrogen and oxygen atoms in total. The largest absolute Gasteiger partial charge is 0.354 e. The lowest BCUT2D eigenvalue weighted by molar-refractivity contribution is -0.140. The van der Waals surface area contributed by atoms with Crippen molar-refractivity contribution < 1.29 is 4.79 Å². The number of amides is 1. The van der Waals surface area contributed by atoms with E-state index in [0.717, 1.165) is 63.5 Å². The van der Waals surface area contributed by atoms with Crippen LogP contribution in [0.15, 0.2) is 23.7 Å². The number of rotatable bonds is 3. The van der Waals surface area contributed by atoms with Crippen molar-refractivity contribution in [3.8, 4) is 0 Å². The molecule has 0 bridgehead atoms. The molecule has 0 aliphatic carbocycles. The fourth-order valence-electron chi connectivity index (χ4n) is 5.63. The van der Waals surface area contributed by atoms with Crippen molar-refractivity contribution in [3.63, 3.8) is 0 Å². The van der Waals surface area contributed by atoms with Gasteiger partial charge < -0.3 is 15.1 Å². The fraction of sp³-hybridized carbons (Fsp3) is 0.542. The van der Waals surface area contributed by atoms with Gasteiger partial charge in [0.1, 0.15) is 5.82 Å². The van der Waals surface area contributed by atoms with Crippen LogP contribution in [0.3, 0.4) is 0 Å². The molecule has 1 atom stereocenters. The molecule has 1 saturated heterocycles. The van der Waals surface area contributed by atoms with Crippen LogP contribution in [0.1, 0.15) is 41.6 Å². The van der Waals surface area contributed by atoms with E-state index in [-0.39, 0.29) is 12.0 Å². The van der Waals surface area contributed by atoms with Gasteiger partial charge in [-0.3, -0.25) is 4.79 Å². The highest BCUT2D eigenvalue weighted by atomic mass is 32.1. The van der Waals surface area contributed by atoms with Crippen LogP contribution in [0.5, 0.6) is 0 Å². The third kappa shape index (κ3) is 3.15. The molecule has 32 heavy (non-hydrogen) atoms. The summed E-state index contributed by atoms with van der Waals surface area (Å²) in [6.07, 6.45) is 4.69. The van der Waals surface area contributed by atoms with E-state index >= 15 is 0 Å². The summed E-state index contributed by atoms with van der Waals surface area (Å²) in [4.78, 5) is 24.4. The Morgan fingerprint density at radius 2 is 2.03 bits per heavy atom. The number of thiophene rings is 1. The van der Waals surface area contributed by atoms with E-state index in [0.29, 0.717) is 11.8 Å². The second kappa shape index (κ2) is 7.85. The van der Waals surface area contributed by atoms with Gasteiger partial charge in [-0.15, -0.1) is 11.3 Å². The molecule has 6 heterocycles. The van der Waals surface area contributed by atoms with Gasteiger partial charge in [-0.1, -0.05) is 13.8 Å². The minimum absolute atomic E-state index is 0.0519. The first-order chi connectivity index (χ1) is 15.6. The maximum atomic E-state index is 13.6. The number of fused-ring (bicyclic) bond motifs is 3. The molecule has 1 unspecified atom stereocenters. The average molecular weight is 451 g/mol. The Labute approximate surface area is 192 Å². The Balaban J connectivity index is 1.26. The molecule has 3 aliphatic heterocycles. The summed E-state index contributed by atoms with van der Waals surface area (Å²) < 4.78 is 1.97. The summed E-state index contributed by atoms with van der Waals surface area (Å²) in [7, 11) is 0. The number of carbonyl (C=O) groups excluding carboxylic acids is 1. The number of hydrogen-bond acceptors (Lipinski definition) is 6. The third-order valence-electron chi connectivity index (χ3n) is 7.23. The highest BCUT2D eigenvalue weighted by Crippen LogP contribution is 2.40. The molecule has 0 spiro atoms. The van der Waals surface area contributed by atoms with Crippen LogP contribution in [0.2, 0.25) is 0 Å². The van der Waals surface area contributed by atoms with Gasteiger partial charge in [-0.05, 0) is 42.3 Å². The predicted molar refractivity (Wildman–Crippen MR) is 126 cm³/mol. The Morgan fingerprint density at radius 1 is 1.19 bits per heavy atom. The van der Waals surface area contributed by atoms with Crippen molar-refractivity contribution in [2.75, 3.05) is 37.6 Å². The number of anilines is 1. The van der Waals surface area contributed by atoms with Crippen molar-refractivity contribution in [2.24, 2.45) is 11.8 Å². The molecule has 3 aliphatic rings. The molecule has 6 rings (SSSR count). The molecule has 0 radical (unpaired) electrons. The standard InChI is InChI=1S/C24H30N6OS/c1-15(2)21-22-16(7-12-32-22)6-11-29(21)24(31)17-13-28(14-17)23-18-3-8-25-9-4-19(18)27-20-5-10-26-30(20)23/h5,7,10,12,15,17,21,25H,3-4,6,8-9,11,13-14H2,1-2H3. The average Bonchev–Trinajstić information content (AvgIpc) is 3.35.